The van der Waals surface area contributed by atoms with Crippen LogP contribution in [0.5, 0.6) is 0 Å². The van der Waals surface area contributed by atoms with Crippen molar-refractivity contribution >= 4 is 34.8 Å². The summed E-state index contributed by atoms with van der Waals surface area (Å²) in [5, 5.41) is 5.18. The molecule has 1 aliphatic rings. The lowest BCUT2D eigenvalue weighted by Crippen LogP contribution is -2.16. The van der Waals surface area contributed by atoms with E-state index in [9.17, 15) is 9.59 Å². The first-order chi connectivity index (χ1) is 7.56. The summed E-state index contributed by atoms with van der Waals surface area (Å²) in [5.74, 6) is -0.612. The summed E-state index contributed by atoms with van der Waals surface area (Å²) in [5.41, 5.74) is 2.11. The average molecular weight is 239 g/mol. The van der Waals surface area contributed by atoms with Crippen molar-refractivity contribution in [1.82, 2.24) is 0 Å². The molecule has 0 radical (unpaired) electrons. The molecule has 2 rings (SSSR count). The minimum atomic E-state index is -0.310. The van der Waals surface area contributed by atoms with E-state index in [0.29, 0.717) is 11.4 Å². The molecule has 0 aliphatic carbocycles. The van der Waals surface area contributed by atoms with Crippen LogP contribution >= 0.6 is 11.6 Å². The molecular weight excluding hydrogens is 228 g/mol. The number of carbonyl (C=O) groups is 2. The Kier molecular flexibility index (Phi) is 2.83. The Morgan fingerprint density at radius 3 is 2.44 bits per heavy atom. The number of hydrogen-bond donors (Lipinski definition) is 2. The van der Waals surface area contributed by atoms with Gasteiger partial charge >= 0.3 is 0 Å². The molecule has 2 amide bonds. The van der Waals surface area contributed by atoms with Crippen molar-refractivity contribution in [3.05, 3.63) is 23.8 Å². The van der Waals surface area contributed by atoms with E-state index in [0.717, 1.165) is 5.56 Å². The summed E-state index contributed by atoms with van der Waals surface area (Å²) in [6.45, 7) is 1.85. The summed E-state index contributed by atoms with van der Waals surface area (Å²) >= 11 is 5.95. The average Bonchev–Trinajstić information content (AvgIpc) is 2.32. The van der Waals surface area contributed by atoms with Gasteiger partial charge in [0.25, 0.3) is 0 Å². The second kappa shape index (κ2) is 4.14. The van der Waals surface area contributed by atoms with E-state index in [-0.39, 0.29) is 23.6 Å². The molecule has 0 saturated carbocycles. The van der Waals surface area contributed by atoms with Gasteiger partial charge in [-0.25, -0.2) is 0 Å². The first-order valence-electron chi connectivity index (χ1n) is 4.94. The van der Waals surface area contributed by atoms with Gasteiger partial charge in [-0.15, -0.1) is 11.6 Å². The van der Waals surface area contributed by atoms with E-state index < -0.39 is 0 Å². The Hall–Kier alpha value is -1.55. The second-order valence-electron chi connectivity index (χ2n) is 3.69. The Morgan fingerprint density at radius 2 is 1.81 bits per heavy atom. The highest BCUT2D eigenvalue weighted by Gasteiger charge is 2.18. The van der Waals surface area contributed by atoms with Gasteiger partial charge in [-0.3, -0.25) is 9.59 Å². The molecule has 1 aliphatic heterocycles. The molecule has 2 N–H and O–H groups in total. The van der Waals surface area contributed by atoms with E-state index in [4.69, 9.17) is 11.6 Å². The van der Waals surface area contributed by atoms with Crippen molar-refractivity contribution in [2.75, 3.05) is 10.6 Å². The zero-order valence-electron chi connectivity index (χ0n) is 8.71. The topological polar surface area (TPSA) is 58.2 Å². The number of alkyl halides is 1. The number of hydrogen-bond acceptors (Lipinski definition) is 2. The highest BCUT2D eigenvalue weighted by molar-refractivity contribution is 6.20. The molecule has 0 bridgehead atoms. The fraction of sp³-hybridized carbons (Fsp3) is 0.273. The van der Waals surface area contributed by atoms with Crippen molar-refractivity contribution in [3.63, 3.8) is 0 Å². The SMILES string of the molecule is CC(Cl)c1ccc2c(c1)NC(=O)CC(=O)N2. The van der Waals surface area contributed by atoms with Crippen molar-refractivity contribution in [1.29, 1.82) is 0 Å². The van der Waals surface area contributed by atoms with Crippen LogP contribution in [0.15, 0.2) is 18.2 Å². The Balaban J connectivity index is 2.42. The molecule has 4 nitrogen and oxygen atoms in total. The third kappa shape index (κ3) is 2.17. The second-order valence-corrected chi connectivity index (χ2v) is 4.35. The lowest BCUT2D eigenvalue weighted by atomic mass is 10.1. The van der Waals surface area contributed by atoms with Gasteiger partial charge in [-0.05, 0) is 24.6 Å². The van der Waals surface area contributed by atoms with E-state index in [2.05, 4.69) is 10.6 Å². The van der Waals surface area contributed by atoms with Gasteiger partial charge in [0.2, 0.25) is 11.8 Å². The third-order valence-electron chi connectivity index (χ3n) is 2.37. The molecule has 84 valence electrons. The molecule has 16 heavy (non-hydrogen) atoms. The lowest BCUT2D eigenvalue weighted by molar-refractivity contribution is -0.123. The molecule has 1 aromatic carbocycles. The molecule has 5 heteroatoms. The van der Waals surface area contributed by atoms with Crippen LogP contribution in [0.1, 0.15) is 24.3 Å². The number of amides is 2. The van der Waals surface area contributed by atoms with Gasteiger partial charge in [0.15, 0.2) is 0 Å². The standard InChI is InChI=1S/C11H11ClN2O2/c1-6(12)7-2-3-8-9(4-7)14-11(16)5-10(15)13-8/h2-4,6H,5H2,1H3,(H,13,15)(H,14,16). The Morgan fingerprint density at radius 1 is 1.19 bits per heavy atom. The summed E-state index contributed by atoms with van der Waals surface area (Å²) in [6.07, 6.45) is -0.152. The normalized spacial score (nSPS) is 16.9. The molecular formula is C11H11ClN2O2. The highest BCUT2D eigenvalue weighted by atomic mass is 35.5. The molecule has 0 fully saturated rings. The zero-order chi connectivity index (χ0) is 11.7. The van der Waals surface area contributed by atoms with E-state index >= 15 is 0 Å². The summed E-state index contributed by atoms with van der Waals surface area (Å²) < 4.78 is 0. The van der Waals surface area contributed by atoms with Crippen molar-refractivity contribution in [3.8, 4) is 0 Å². The quantitative estimate of drug-likeness (QED) is 0.583. The fourth-order valence-corrected chi connectivity index (χ4v) is 1.69. The molecule has 1 aromatic rings. The van der Waals surface area contributed by atoms with Crippen LogP contribution in [-0.4, -0.2) is 11.8 Å². The minimum absolute atomic E-state index is 0.138. The van der Waals surface area contributed by atoms with E-state index in [1.807, 2.05) is 13.0 Å². The number of anilines is 2. The number of rotatable bonds is 1. The fourth-order valence-electron chi connectivity index (χ4n) is 1.56. The Bertz CT molecular complexity index is 457. The van der Waals surface area contributed by atoms with Crippen LogP contribution in [0, 0.1) is 0 Å². The number of carbonyl (C=O) groups excluding carboxylic acids is 2. The molecule has 1 atom stereocenters. The van der Waals surface area contributed by atoms with Gasteiger partial charge < -0.3 is 10.6 Å². The maximum atomic E-state index is 11.3. The van der Waals surface area contributed by atoms with Crippen LogP contribution in [0.25, 0.3) is 0 Å². The third-order valence-corrected chi connectivity index (χ3v) is 2.62. The van der Waals surface area contributed by atoms with Crippen LogP contribution < -0.4 is 10.6 Å². The van der Waals surface area contributed by atoms with Crippen molar-refractivity contribution < 1.29 is 9.59 Å². The van der Waals surface area contributed by atoms with Crippen LogP contribution in [0.3, 0.4) is 0 Å². The number of benzene rings is 1. The first-order valence-corrected chi connectivity index (χ1v) is 5.37. The predicted octanol–water partition coefficient (Wildman–Crippen LogP) is 2.27. The maximum Gasteiger partial charge on any atom is 0.233 e. The smallest absolute Gasteiger partial charge is 0.233 e. The maximum absolute atomic E-state index is 11.3. The molecule has 0 saturated heterocycles. The first kappa shape index (κ1) is 11.0. The zero-order valence-corrected chi connectivity index (χ0v) is 9.47. The van der Waals surface area contributed by atoms with Gasteiger partial charge in [0.1, 0.15) is 6.42 Å². The highest BCUT2D eigenvalue weighted by Crippen LogP contribution is 2.30. The van der Waals surface area contributed by atoms with Crippen molar-refractivity contribution in [2.45, 2.75) is 18.7 Å². The van der Waals surface area contributed by atoms with Crippen LogP contribution in [0.4, 0.5) is 11.4 Å². The molecule has 1 heterocycles. The van der Waals surface area contributed by atoms with E-state index in [1.54, 1.807) is 12.1 Å². The molecule has 1 unspecified atom stereocenters. The van der Waals surface area contributed by atoms with Gasteiger partial charge in [0.05, 0.1) is 16.8 Å². The number of fused-ring (bicyclic) bond motifs is 1. The van der Waals surface area contributed by atoms with Crippen molar-refractivity contribution in [2.24, 2.45) is 0 Å². The lowest BCUT2D eigenvalue weighted by Gasteiger charge is -2.10. The Labute approximate surface area is 98.0 Å². The van der Waals surface area contributed by atoms with E-state index in [1.165, 1.54) is 0 Å². The monoisotopic (exact) mass is 238 g/mol. The number of halogens is 1. The minimum Gasteiger partial charge on any atom is -0.324 e. The summed E-state index contributed by atoms with van der Waals surface area (Å²) in [7, 11) is 0. The molecule has 0 aromatic heterocycles. The molecule has 0 spiro atoms. The largest absolute Gasteiger partial charge is 0.324 e. The van der Waals surface area contributed by atoms with Gasteiger partial charge in [-0.1, -0.05) is 6.07 Å². The van der Waals surface area contributed by atoms with Gasteiger partial charge in [-0.2, -0.15) is 0 Å². The summed E-state index contributed by atoms with van der Waals surface area (Å²) in [6, 6.07) is 5.35. The number of nitrogens with one attached hydrogen (secondary N) is 2. The van der Waals surface area contributed by atoms with Crippen LogP contribution in [0.2, 0.25) is 0 Å². The summed E-state index contributed by atoms with van der Waals surface area (Å²) in [4.78, 5) is 22.6. The van der Waals surface area contributed by atoms with Gasteiger partial charge in [0, 0.05) is 0 Å². The van der Waals surface area contributed by atoms with Crippen LogP contribution in [-0.2, 0) is 9.59 Å². The predicted molar refractivity (Wildman–Crippen MR) is 62.6 cm³/mol.